The van der Waals surface area contributed by atoms with Gasteiger partial charge in [-0.25, -0.2) is 0 Å². The first-order chi connectivity index (χ1) is 6.82. The van der Waals surface area contributed by atoms with E-state index in [1.165, 1.54) is 12.0 Å². The lowest BCUT2D eigenvalue weighted by molar-refractivity contribution is 0.245. The van der Waals surface area contributed by atoms with Gasteiger partial charge < -0.3 is 0 Å². The monoisotopic (exact) mass is 206 g/mol. The molecule has 0 aliphatic heterocycles. The summed E-state index contributed by atoms with van der Waals surface area (Å²) in [7, 11) is 0. The van der Waals surface area contributed by atoms with Gasteiger partial charge in [0.05, 0.1) is 0 Å². The van der Waals surface area contributed by atoms with Crippen LogP contribution >= 0.6 is 0 Å². The largest absolute Gasteiger partial charge is 0.0991 e. The molecule has 1 unspecified atom stereocenters. The van der Waals surface area contributed by atoms with Crippen LogP contribution in [-0.4, -0.2) is 0 Å². The molecule has 0 heteroatoms. The smallest absolute Gasteiger partial charge is 0.0111 e. The summed E-state index contributed by atoms with van der Waals surface area (Å²) in [6, 6.07) is 0. The summed E-state index contributed by atoms with van der Waals surface area (Å²) >= 11 is 0. The molecular formula is C15H26. The minimum Gasteiger partial charge on any atom is -0.0991 e. The molecular weight excluding hydrogens is 180 g/mol. The molecule has 0 heterocycles. The summed E-state index contributed by atoms with van der Waals surface area (Å²) in [5.74, 6) is 1.27. The second-order valence-corrected chi connectivity index (χ2v) is 5.65. The van der Waals surface area contributed by atoms with Gasteiger partial charge in [0.25, 0.3) is 0 Å². The molecule has 0 bridgehead atoms. The van der Waals surface area contributed by atoms with Crippen LogP contribution in [0.15, 0.2) is 37.0 Å². The van der Waals surface area contributed by atoms with Crippen molar-refractivity contribution < 1.29 is 0 Å². The minimum atomic E-state index is 0.285. The number of allylic oxidation sites excluding steroid dienone is 4. The molecule has 0 aromatic rings. The van der Waals surface area contributed by atoms with Crippen LogP contribution in [0, 0.1) is 17.3 Å². The lowest BCUT2D eigenvalue weighted by Crippen LogP contribution is -2.23. The highest BCUT2D eigenvalue weighted by Crippen LogP contribution is 2.37. The van der Waals surface area contributed by atoms with Crippen LogP contribution < -0.4 is 0 Å². The van der Waals surface area contributed by atoms with E-state index in [1.54, 1.807) is 0 Å². The Labute approximate surface area is 95.8 Å². The Morgan fingerprint density at radius 1 is 1.20 bits per heavy atom. The van der Waals surface area contributed by atoms with Crippen molar-refractivity contribution in [1.29, 1.82) is 0 Å². The molecule has 0 aromatic heterocycles. The maximum atomic E-state index is 3.91. The molecule has 0 saturated heterocycles. The Hall–Kier alpha value is -0.780. The summed E-state index contributed by atoms with van der Waals surface area (Å²) < 4.78 is 0. The van der Waals surface area contributed by atoms with Gasteiger partial charge in [0.1, 0.15) is 0 Å². The van der Waals surface area contributed by atoms with Crippen LogP contribution in [0.5, 0.6) is 0 Å². The second kappa shape index (κ2) is 5.95. The van der Waals surface area contributed by atoms with E-state index < -0.39 is 0 Å². The molecule has 1 atom stereocenters. The summed E-state index contributed by atoms with van der Waals surface area (Å²) in [5.41, 5.74) is 1.60. The van der Waals surface area contributed by atoms with Gasteiger partial charge in [0, 0.05) is 0 Å². The highest BCUT2D eigenvalue weighted by atomic mass is 14.3. The molecule has 0 spiro atoms. The van der Waals surface area contributed by atoms with Gasteiger partial charge in [-0.2, -0.15) is 0 Å². The van der Waals surface area contributed by atoms with Gasteiger partial charge in [0.2, 0.25) is 0 Å². The highest BCUT2D eigenvalue weighted by molar-refractivity contribution is 5.25. The molecule has 0 rings (SSSR count). The summed E-state index contributed by atoms with van der Waals surface area (Å²) in [6.45, 7) is 19.1. The first-order valence-corrected chi connectivity index (χ1v) is 5.78. The Balaban J connectivity index is 4.99. The quantitative estimate of drug-likeness (QED) is 0.556. The van der Waals surface area contributed by atoms with Gasteiger partial charge in [0.15, 0.2) is 0 Å². The van der Waals surface area contributed by atoms with E-state index in [0.717, 1.165) is 0 Å². The zero-order chi connectivity index (χ0) is 12.1. The van der Waals surface area contributed by atoms with Gasteiger partial charge in [-0.15, -0.1) is 0 Å². The van der Waals surface area contributed by atoms with Gasteiger partial charge in [-0.1, -0.05) is 66.0 Å². The summed E-state index contributed by atoms with van der Waals surface area (Å²) in [5, 5.41) is 0. The van der Waals surface area contributed by atoms with Crippen molar-refractivity contribution in [2.24, 2.45) is 17.3 Å². The van der Waals surface area contributed by atoms with E-state index in [1.807, 2.05) is 12.2 Å². The molecule has 0 aromatic carbocycles. The maximum Gasteiger partial charge on any atom is -0.0111 e. The third-order valence-corrected chi connectivity index (χ3v) is 2.70. The van der Waals surface area contributed by atoms with Gasteiger partial charge in [-0.05, 0) is 29.2 Å². The zero-order valence-electron chi connectivity index (χ0n) is 11.0. The third-order valence-electron chi connectivity index (χ3n) is 2.70. The predicted molar refractivity (Wildman–Crippen MR) is 70.9 cm³/mol. The van der Waals surface area contributed by atoms with Gasteiger partial charge in [-0.3, -0.25) is 0 Å². The predicted octanol–water partition coefficient (Wildman–Crippen LogP) is 4.99. The first kappa shape index (κ1) is 14.2. The van der Waals surface area contributed by atoms with Crippen LogP contribution in [0.1, 0.15) is 41.0 Å². The molecule has 0 aliphatic rings. The van der Waals surface area contributed by atoms with Crippen LogP contribution in [0.3, 0.4) is 0 Å². The molecule has 0 aliphatic carbocycles. The fourth-order valence-corrected chi connectivity index (χ4v) is 1.92. The van der Waals surface area contributed by atoms with E-state index in [2.05, 4.69) is 53.9 Å². The van der Waals surface area contributed by atoms with E-state index in [-0.39, 0.29) is 5.41 Å². The lowest BCUT2D eigenvalue weighted by atomic mass is 9.72. The van der Waals surface area contributed by atoms with E-state index >= 15 is 0 Å². The fourth-order valence-electron chi connectivity index (χ4n) is 1.92. The standard InChI is InChI=1S/C15H26/c1-8-10-13(9-2)14(11-12(3)4)15(5,6)7/h8-10,12,14H,1-2,11H2,3-7H3/b13-10+. The van der Waals surface area contributed by atoms with E-state index in [9.17, 15) is 0 Å². The Morgan fingerprint density at radius 3 is 2.00 bits per heavy atom. The number of hydrogen-bond donors (Lipinski definition) is 0. The topological polar surface area (TPSA) is 0 Å². The van der Waals surface area contributed by atoms with Crippen molar-refractivity contribution in [3.05, 3.63) is 37.0 Å². The van der Waals surface area contributed by atoms with Crippen LogP contribution in [0.2, 0.25) is 0 Å². The molecule has 0 saturated carbocycles. The number of hydrogen-bond acceptors (Lipinski definition) is 0. The van der Waals surface area contributed by atoms with Crippen molar-refractivity contribution in [1.82, 2.24) is 0 Å². The average Bonchev–Trinajstić information content (AvgIpc) is 2.09. The van der Waals surface area contributed by atoms with Crippen LogP contribution in [0.25, 0.3) is 0 Å². The molecule has 0 radical (unpaired) electrons. The number of rotatable bonds is 5. The SMILES string of the molecule is C=C/C=C(\C=C)C(CC(C)C)C(C)(C)C. The molecule has 0 nitrogen and oxygen atoms in total. The Bertz CT molecular complexity index is 235. The normalized spacial score (nSPS) is 15.2. The van der Waals surface area contributed by atoms with Crippen LogP contribution in [0.4, 0.5) is 0 Å². The van der Waals surface area contributed by atoms with Crippen molar-refractivity contribution in [2.75, 3.05) is 0 Å². The molecule has 86 valence electrons. The maximum absolute atomic E-state index is 3.91. The Kier molecular flexibility index (Phi) is 5.64. The van der Waals surface area contributed by atoms with Crippen molar-refractivity contribution in [2.45, 2.75) is 41.0 Å². The van der Waals surface area contributed by atoms with Crippen molar-refractivity contribution in [3.8, 4) is 0 Å². The van der Waals surface area contributed by atoms with E-state index in [0.29, 0.717) is 11.8 Å². The minimum absolute atomic E-state index is 0.285. The lowest BCUT2D eigenvalue weighted by Gasteiger charge is -2.33. The average molecular weight is 206 g/mol. The fraction of sp³-hybridized carbons (Fsp3) is 0.600. The molecule has 0 fully saturated rings. The summed E-state index contributed by atoms with van der Waals surface area (Å²) in [6.07, 6.45) is 7.12. The Morgan fingerprint density at radius 2 is 1.73 bits per heavy atom. The zero-order valence-corrected chi connectivity index (χ0v) is 11.0. The van der Waals surface area contributed by atoms with Crippen LogP contribution in [-0.2, 0) is 0 Å². The second-order valence-electron chi connectivity index (χ2n) is 5.65. The molecule has 0 N–H and O–H groups in total. The third kappa shape index (κ3) is 5.01. The van der Waals surface area contributed by atoms with E-state index in [4.69, 9.17) is 0 Å². The van der Waals surface area contributed by atoms with Gasteiger partial charge >= 0.3 is 0 Å². The van der Waals surface area contributed by atoms with Crippen molar-refractivity contribution >= 4 is 0 Å². The molecule has 0 amide bonds. The first-order valence-electron chi connectivity index (χ1n) is 5.78. The highest BCUT2D eigenvalue weighted by Gasteiger charge is 2.26. The summed E-state index contributed by atoms with van der Waals surface area (Å²) in [4.78, 5) is 0. The van der Waals surface area contributed by atoms with Crippen molar-refractivity contribution in [3.63, 3.8) is 0 Å². The molecule has 15 heavy (non-hydrogen) atoms.